The van der Waals surface area contributed by atoms with E-state index in [-0.39, 0.29) is 23.7 Å². The Kier molecular flexibility index (Phi) is 5.87. The summed E-state index contributed by atoms with van der Waals surface area (Å²) in [5.74, 6) is 5.46. The van der Waals surface area contributed by atoms with Gasteiger partial charge >= 0.3 is 11.9 Å². The molecule has 1 aromatic rings. The standard InChI is InChI=1S/C27H34O6/c1-25(2,3)24(30)33-16-6-7-17-18-8-11-26(4)21(19(18)15-22(28)20(17)14-16)9-12-27(26,31)13-10-23(29)32-5/h6-7,14,18-19,21-22,28,31H,8-9,11-12,15H2,1-5H3/t18-,19-,21+,22-,26+,27-/m1/s1. The molecule has 3 aliphatic rings. The molecule has 33 heavy (non-hydrogen) atoms. The van der Waals surface area contributed by atoms with Gasteiger partial charge in [0.1, 0.15) is 11.4 Å². The molecule has 1 aromatic carbocycles. The number of methoxy groups -OCH3 is 1. The van der Waals surface area contributed by atoms with Crippen LogP contribution in [0.3, 0.4) is 0 Å². The van der Waals surface area contributed by atoms with Gasteiger partial charge in [0.25, 0.3) is 0 Å². The average Bonchev–Trinajstić information content (AvgIpc) is 3.03. The molecule has 178 valence electrons. The topological polar surface area (TPSA) is 93.1 Å². The number of carbonyl (C=O) groups excluding carboxylic acids is 2. The Hall–Kier alpha value is -2.36. The average molecular weight is 455 g/mol. The number of esters is 2. The van der Waals surface area contributed by atoms with Crippen LogP contribution in [0.4, 0.5) is 0 Å². The first-order valence-corrected chi connectivity index (χ1v) is 11.8. The number of hydrogen-bond donors (Lipinski definition) is 2. The number of aliphatic hydroxyl groups is 2. The van der Waals surface area contributed by atoms with E-state index in [1.54, 1.807) is 6.07 Å². The highest BCUT2D eigenvalue weighted by Gasteiger charge is 2.61. The highest BCUT2D eigenvalue weighted by Crippen LogP contribution is 2.65. The van der Waals surface area contributed by atoms with Crippen molar-refractivity contribution in [1.82, 2.24) is 0 Å². The number of benzene rings is 1. The number of hydrogen-bond acceptors (Lipinski definition) is 6. The molecule has 0 heterocycles. The summed E-state index contributed by atoms with van der Waals surface area (Å²) in [5, 5.41) is 22.5. The van der Waals surface area contributed by atoms with Crippen LogP contribution in [0.25, 0.3) is 0 Å². The molecule has 0 bridgehead atoms. The monoisotopic (exact) mass is 454 g/mol. The van der Waals surface area contributed by atoms with Crippen molar-refractivity contribution in [1.29, 1.82) is 0 Å². The second kappa shape index (κ2) is 8.14. The van der Waals surface area contributed by atoms with Crippen molar-refractivity contribution >= 4 is 11.9 Å². The second-order valence-corrected chi connectivity index (χ2v) is 11.2. The highest BCUT2D eigenvalue weighted by molar-refractivity contribution is 5.88. The Labute approximate surface area is 195 Å². The van der Waals surface area contributed by atoms with E-state index >= 15 is 0 Å². The van der Waals surface area contributed by atoms with Crippen molar-refractivity contribution in [3.8, 4) is 17.6 Å². The SMILES string of the molecule is COC(=O)C#C[C@]1(O)CC[C@H]2[C@@H]3C[C@@H](O)c4cc(OC(=O)C(C)(C)C)ccc4[C@H]3CC[C@@]21C. The first kappa shape index (κ1) is 23.8. The van der Waals surface area contributed by atoms with Crippen LogP contribution in [0.2, 0.25) is 0 Å². The summed E-state index contributed by atoms with van der Waals surface area (Å²) in [6.07, 6.45) is 2.88. The third kappa shape index (κ3) is 3.96. The molecule has 2 N–H and O–H groups in total. The molecule has 2 fully saturated rings. The van der Waals surface area contributed by atoms with E-state index in [1.165, 1.54) is 7.11 Å². The van der Waals surface area contributed by atoms with Crippen LogP contribution in [0.15, 0.2) is 18.2 Å². The van der Waals surface area contributed by atoms with E-state index in [0.717, 1.165) is 30.4 Å². The molecule has 4 rings (SSSR count). The summed E-state index contributed by atoms with van der Waals surface area (Å²) < 4.78 is 10.2. The van der Waals surface area contributed by atoms with Gasteiger partial charge in [-0.25, -0.2) is 4.79 Å². The number of aliphatic hydroxyl groups excluding tert-OH is 1. The molecule has 6 atom stereocenters. The van der Waals surface area contributed by atoms with Crippen molar-refractivity contribution < 1.29 is 29.3 Å². The first-order chi connectivity index (χ1) is 15.4. The Morgan fingerprint density at radius 2 is 1.88 bits per heavy atom. The van der Waals surface area contributed by atoms with Gasteiger partial charge in [-0.3, -0.25) is 4.79 Å². The minimum atomic E-state index is -1.24. The van der Waals surface area contributed by atoms with E-state index in [0.29, 0.717) is 18.6 Å². The van der Waals surface area contributed by atoms with Crippen LogP contribution in [0, 0.1) is 34.5 Å². The first-order valence-electron chi connectivity index (χ1n) is 11.8. The van der Waals surface area contributed by atoms with Gasteiger partial charge in [0.05, 0.1) is 18.6 Å². The van der Waals surface area contributed by atoms with Gasteiger partial charge < -0.3 is 19.7 Å². The number of rotatable bonds is 1. The zero-order chi connectivity index (χ0) is 24.2. The Morgan fingerprint density at radius 1 is 1.15 bits per heavy atom. The molecule has 0 radical (unpaired) electrons. The van der Waals surface area contributed by atoms with Gasteiger partial charge in [-0.15, -0.1) is 0 Å². The van der Waals surface area contributed by atoms with Gasteiger partial charge in [0, 0.05) is 11.3 Å². The predicted molar refractivity (Wildman–Crippen MR) is 122 cm³/mol. The summed E-state index contributed by atoms with van der Waals surface area (Å²) in [5.41, 5.74) is -0.365. The normalized spacial score (nSPS) is 34.8. The van der Waals surface area contributed by atoms with E-state index in [9.17, 15) is 19.8 Å². The van der Waals surface area contributed by atoms with E-state index < -0.39 is 28.5 Å². The maximum atomic E-state index is 12.3. The molecular weight excluding hydrogens is 420 g/mol. The van der Waals surface area contributed by atoms with Crippen molar-refractivity contribution in [3.05, 3.63) is 29.3 Å². The lowest BCUT2D eigenvalue weighted by Gasteiger charge is -2.52. The van der Waals surface area contributed by atoms with Crippen LogP contribution >= 0.6 is 0 Å². The molecule has 3 aliphatic carbocycles. The molecule has 0 amide bonds. The zero-order valence-electron chi connectivity index (χ0n) is 20.1. The highest BCUT2D eigenvalue weighted by atomic mass is 16.5. The van der Waals surface area contributed by atoms with Crippen molar-refractivity contribution in [2.45, 2.75) is 77.4 Å². The van der Waals surface area contributed by atoms with Gasteiger partial charge in [-0.1, -0.05) is 18.9 Å². The molecule has 0 aliphatic heterocycles. The van der Waals surface area contributed by atoms with Gasteiger partial charge in [-0.05, 0) is 93.9 Å². The van der Waals surface area contributed by atoms with Gasteiger partial charge in [-0.2, -0.15) is 0 Å². The van der Waals surface area contributed by atoms with E-state index in [4.69, 9.17) is 4.74 Å². The molecule has 2 saturated carbocycles. The third-order valence-electron chi connectivity index (χ3n) is 8.28. The van der Waals surface area contributed by atoms with E-state index in [2.05, 4.69) is 23.5 Å². The summed E-state index contributed by atoms with van der Waals surface area (Å²) in [6.45, 7) is 7.50. The molecule has 6 nitrogen and oxygen atoms in total. The van der Waals surface area contributed by atoms with Crippen LogP contribution in [-0.4, -0.2) is 34.9 Å². The van der Waals surface area contributed by atoms with E-state index in [1.807, 2.05) is 32.9 Å². The van der Waals surface area contributed by atoms with Crippen LogP contribution in [-0.2, 0) is 14.3 Å². The third-order valence-corrected chi connectivity index (χ3v) is 8.28. The van der Waals surface area contributed by atoms with Crippen molar-refractivity contribution in [3.63, 3.8) is 0 Å². The Morgan fingerprint density at radius 3 is 2.55 bits per heavy atom. The minimum absolute atomic E-state index is 0.189. The smallest absolute Gasteiger partial charge is 0.384 e. The fraction of sp³-hybridized carbons (Fsp3) is 0.630. The Balaban J connectivity index is 1.61. The molecule has 6 heteroatoms. The van der Waals surface area contributed by atoms with Crippen molar-refractivity contribution in [2.75, 3.05) is 7.11 Å². The predicted octanol–water partition coefficient (Wildman–Crippen LogP) is 3.89. The van der Waals surface area contributed by atoms with Gasteiger partial charge in [0.15, 0.2) is 0 Å². The van der Waals surface area contributed by atoms with Crippen LogP contribution < -0.4 is 4.74 Å². The lowest BCUT2D eigenvalue weighted by atomic mass is 9.53. The van der Waals surface area contributed by atoms with Crippen molar-refractivity contribution in [2.24, 2.45) is 22.7 Å². The molecule has 0 aromatic heterocycles. The molecule has 0 saturated heterocycles. The number of ether oxygens (including phenoxy) is 2. The number of carbonyl (C=O) groups is 2. The van der Waals surface area contributed by atoms with Crippen LogP contribution in [0.1, 0.15) is 82.9 Å². The molecule has 0 spiro atoms. The summed E-state index contributed by atoms with van der Waals surface area (Å²) in [6, 6.07) is 5.61. The second-order valence-electron chi connectivity index (χ2n) is 11.2. The zero-order valence-corrected chi connectivity index (χ0v) is 20.1. The Bertz CT molecular complexity index is 1030. The fourth-order valence-corrected chi connectivity index (χ4v) is 6.32. The number of fused-ring (bicyclic) bond motifs is 5. The van der Waals surface area contributed by atoms with Gasteiger partial charge in [0.2, 0.25) is 0 Å². The lowest BCUT2D eigenvalue weighted by Crippen LogP contribution is -2.50. The summed E-state index contributed by atoms with van der Waals surface area (Å²) in [4.78, 5) is 23.9. The minimum Gasteiger partial charge on any atom is -0.459 e. The fourth-order valence-electron chi connectivity index (χ4n) is 6.32. The largest absolute Gasteiger partial charge is 0.459 e. The maximum absolute atomic E-state index is 12.3. The molecule has 0 unspecified atom stereocenters. The lowest BCUT2D eigenvalue weighted by molar-refractivity contribution is -0.143. The van der Waals surface area contributed by atoms with Crippen LogP contribution in [0.5, 0.6) is 5.75 Å². The molecular formula is C27H34O6. The summed E-state index contributed by atoms with van der Waals surface area (Å²) >= 11 is 0. The maximum Gasteiger partial charge on any atom is 0.384 e. The summed E-state index contributed by atoms with van der Waals surface area (Å²) in [7, 11) is 1.28. The quantitative estimate of drug-likeness (QED) is 0.289.